The molecular weight excluding hydrogens is 272 g/mol. The molecule has 1 heterocycles. The monoisotopic (exact) mass is 290 g/mol. The van der Waals surface area contributed by atoms with E-state index in [2.05, 4.69) is 17.2 Å². The lowest BCUT2D eigenvalue weighted by Crippen LogP contribution is -2.15. The third kappa shape index (κ3) is 3.57. The second kappa shape index (κ2) is 6.52. The van der Waals surface area contributed by atoms with Crippen molar-refractivity contribution in [2.24, 2.45) is 0 Å². The van der Waals surface area contributed by atoms with E-state index >= 15 is 0 Å². The van der Waals surface area contributed by atoms with Crippen molar-refractivity contribution in [3.05, 3.63) is 40.9 Å². The minimum atomic E-state index is -0.196. The molecule has 2 aromatic rings. The summed E-state index contributed by atoms with van der Waals surface area (Å²) in [7, 11) is 0. The second-order valence-corrected chi connectivity index (χ2v) is 5.72. The number of aryl methyl sites for hydroxylation is 1. The molecule has 0 aliphatic heterocycles. The summed E-state index contributed by atoms with van der Waals surface area (Å²) in [4.78, 5) is 17.6. The van der Waals surface area contributed by atoms with Crippen molar-refractivity contribution in [2.45, 2.75) is 33.3 Å². The zero-order chi connectivity index (χ0) is 14.5. The van der Waals surface area contributed by atoms with Crippen LogP contribution in [0, 0.1) is 0 Å². The largest absolute Gasteiger partial charge is 0.490 e. The molecule has 0 saturated carbocycles. The number of aromatic nitrogens is 1. The van der Waals surface area contributed by atoms with Gasteiger partial charge in [0.15, 0.2) is 5.13 Å². The molecule has 0 spiro atoms. The summed E-state index contributed by atoms with van der Waals surface area (Å²) < 4.78 is 5.65. The highest BCUT2D eigenvalue weighted by atomic mass is 32.1. The number of ether oxygens (including phenoxy) is 1. The Labute approximate surface area is 122 Å². The van der Waals surface area contributed by atoms with E-state index in [1.807, 2.05) is 26.0 Å². The van der Waals surface area contributed by atoms with E-state index < -0.39 is 0 Å². The molecule has 0 atom stereocenters. The number of carbonyl (C=O) groups is 1. The van der Waals surface area contributed by atoms with Gasteiger partial charge in [-0.05, 0) is 32.4 Å². The van der Waals surface area contributed by atoms with Gasteiger partial charge in [0.1, 0.15) is 5.75 Å². The molecule has 106 valence electrons. The first-order chi connectivity index (χ1) is 9.60. The van der Waals surface area contributed by atoms with Gasteiger partial charge in [-0.15, -0.1) is 11.3 Å². The summed E-state index contributed by atoms with van der Waals surface area (Å²) in [6.45, 7) is 5.93. The maximum Gasteiger partial charge on any atom is 0.261 e. The van der Waals surface area contributed by atoms with E-state index in [1.54, 1.807) is 18.3 Å². The molecule has 2 rings (SSSR count). The average molecular weight is 290 g/mol. The summed E-state index contributed by atoms with van der Waals surface area (Å²) >= 11 is 1.49. The Bertz CT molecular complexity index is 593. The van der Waals surface area contributed by atoms with E-state index in [-0.39, 0.29) is 12.0 Å². The van der Waals surface area contributed by atoms with Crippen molar-refractivity contribution in [3.8, 4) is 5.75 Å². The first-order valence-electron chi connectivity index (χ1n) is 6.62. The van der Waals surface area contributed by atoms with Gasteiger partial charge in [-0.1, -0.05) is 19.1 Å². The van der Waals surface area contributed by atoms with Gasteiger partial charge in [-0.2, -0.15) is 0 Å². The summed E-state index contributed by atoms with van der Waals surface area (Å²) in [6, 6.07) is 7.23. The third-order valence-electron chi connectivity index (χ3n) is 2.62. The summed E-state index contributed by atoms with van der Waals surface area (Å²) in [6.07, 6.45) is 2.73. The van der Waals surface area contributed by atoms with Crippen LogP contribution in [0.5, 0.6) is 5.75 Å². The third-order valence-corrected chi connectivity index (χ3v) is 3.67. The molecule has 5 heteroatoms. The lowest BCUT2D eigenvalue weighted by Gasteiger charge is -2.13. The Morgan fingerprint density at radius 2 is 2.15 bits per heavy atom. The standard InChI is InChI=1S/C15H18N2O2S/c1-4-11-9-16-15(20-11)17-14(18)12-7-5-6-8-13(12)19-10(2)3/h5-10H,4H2,1-3H3,(H,16,17,18). The fourth-order valence-electron chi connectivity index (χ4n) is 1.70. The number of hydrogen-bond acceptors (Lipinski definition) is 4. The molecule has 1 aromatic heterocycles. The molecule has 0 unspecified atom stereocenters. The number of anilines is 1. The van der Waals surface area contributed by atoms with Gasteiger partial charge in [0, 0.05) is 11.1 Å². The zero-order valence-corrected chi connectivity index (χ0v) is 12.7. The van der Waals surface area contributed by atoms with Crippen LogP contribution in [0.1, 0.15) is 36.0 Å². The van der Waals surface area contributed by atoms with Gasteiger partial charge in [0.05, 0.1) is 11.7 Å². The fraction of sp³-hybridized carbons (Fsp3) is 0.333. The lowest BCUT2D eigenvalue weighted by molar-refractivity contribution is 0.102. The first-order valence-corrected chi connectivity index (χ1v) is 7.43. The molecule has 0 aliphatic carbocycles. The van der Waals surface area contributed by atoms with Gasteiger partial charge >= 0.3 is 0 Å². The minimum Gasteiger partial charge on any atom is -0.490 e. The normalized spacial score (nSPS) is 10.6. The van der Waals surface area contributed by atoms with Crippen LogP contribution in [-0.4, -0.2) is 17.0 Å². The van der Waals surface area contributed by atoms with E-state index in [4.69, 9.17) is 4.74 Å². The van der Waals surface area contributed by atoms with Crippen molar-refractivity contribution in [1.82, 2.24) is 4.98 Å². The Hall–Kier alpha value is -1.88. The van der Waals surface area contributed by atoms with Crippen LogP contribution in [0.15, 0.2) is 30.5 Å². The molecule has 20 heavy (non-hydrogen) atoms. The highest BCUT2D eigenvalue weighted by Crippen LogP contribution is 2.23. The number of rotatable bonds is 5. The maximum atomic E-state index is 12.3. The first kappa shape index (κ1) is 14.5. The van der Waals surface area contributed by atoms with Crippen molar-refractivity contribution >= 4 is 22.4 Å². The Balaban J connectivity index is 2.16. The Morgan fingerprint density at radius 1 is 1.40 bits per heavy atom. The van der Waals surface area contributed by atoms with E-state index in [1.165, 1.54) is 11.3 Å². The van der Waals surface area contributed by atoms with Gasteiger partial charge in [0.25, 0.3) is 5.91 Å². The predicted octanol–water partition coefficient (Wildman–Crippen LogP) is 3.75. The number of hydrogen-bond donors (Lipinski definition) is 1. The van der Waals surface area contributed by atoms with Gasteiger partial charge in [-0.25, -0.2) is 4.98 Å². The molecule has 0 fully saturated rings. The number of nitrogens with zero attached hydrogens (tertiary/aromatic N) is 1. The Morgan fingerprint density at radius 3 is 2.80 bits per heavy atom. The predicted molar refractivity (Wildman–Crippen MR) is 81.7 cm³/mol. The summed E-state index contributed by atoms with van der Waals surface area (Å²) in [5, 5.41) is 3.43. The fourth-order valence-corrected chi connectivity index (χ4v) is 2.45. The minimum absolute atomic E-state index is 0.0236. The molecule has 0 bridgehead atoms. The van der Waals surface area contributed by atoms with E-state index in [0.29, 0.717) is 16.4 Å². The molecule has 4 nitrogen and oxygen atoms in total. The molecule has 0 aliphatic rings. The van der Waals surface area contributed by atoms with Crippen LogP contribution in [0.25, 0.3) is 0 Å². The SMILES string of the molecule is CCc1cnc(NC(=O)c2ccccc2OC(C)C)s1. The number of para-hydroxylation sites is 1. The second-order valence-electron chi connectivity index (χ2n) is 4.60. The van der Waals surface area contributed by atoms with Crippen molar-refractivity contribution in [3.63, 3.8) is 0 Å². The molecule has 1 amide bonds. The van der Waals surface area contributed by atoms with Crippen LogP contribution >= 0.6 is 11.3 Å². The van der Waals surface area contributed by atoms with E-state index in [9.17, 15) is 4.79 Å². The van der Waals surface area contributed by atoms with Crippen molar-refractivity contribution < 1.29 is 9.53 Å². The number of amides is 1. The number of thiazole rings is 1. The molecule has 0 radical (unpaired) electrons. The summed E-state index contributed by atoms with van der Waals surface area (Å²) in [5.74, 6) is 0.394. The van der Waals surface area contributed by atoms with Gasteiger partial charge in [-0.3, -0.25) is 10.1 Å². The van der Waals surface area contributed by atoms with Crippen LogP contribution in [0.4, 0.5) is 5.13 Å². The van der Waals surface area contributed by atoms with Gasteiger partial charge in [0.2, 0.25) is 0 Å². The molecular formula is C15H18N2O2S. The van der Waals surface area contributed by atoms with Crippen molar-refractivity contribution in [1.29, 1.82) is 0 Å². The smallest absolute Gasteiger partial charge is 0.261 e. The molecule has 1 aromatic carbocycles. The van der Waals surface area contributed by atoms with Gasteiger partial charge < -0.3 is 4.74 Å². The van der Waals surface area contributed by atoms with Crippen LogP contribution < -0.4 is 10.1 Å². The highest BCUT2D eigenvalue weighted by Gasteiger charge is 2.14. The van der Waals surface area contributed by atoms with Crippen LogP contribution in [-0.2, 0) is 6.42 Å². The highest BCUT2D eigenvalue weighted by molar-refractivity contribution is 7.15. The van der Waals surface area contributed by atoms with E-state index in [0.717, 1.165) is 11.3 Å². The quantitative estimate of drug-likeness (QED) is 0.912. The topological polar surface area (TPSA) is 51.2 Å². The number of benzene rings is 1. The summed E-state index contributed by atoms with van der Waals surface area (Å²) in [5.41, 5.74) is 0.523. The Kier molecular flexibility index (Phi) is 4.74. The van der Waals surface area contributed by atoms with Crippen LogP contribution in [0.3, 0.4) is 0 Å². The molecule has 1 N–H and O–H groups in total. The average Bonchev–Trinajstić information content (AvgIpc) is 2.86. The van der Waals surface area contributed by atoms with Crippen molar-refractivity contribution in [2.75, 3.05) is 5.32 Å². The number of carbonyl (C=O) groups excluding carboxylic acids is 1. The van der Waals surface area contributed by atoms with Crippen LogP contribution in [0.2, 0.25) is 0 Å². The maximum absolute atomic E-state index is 12.3. The molecule has 0 saturated heterocycles. The lowest BCUT2D eigenvalue weighted by atomic mass is 10.2. The number of nitrogens with one attached hydrogen (secondary N) is 1. The zero-order valence-electron chi connectivity index (χ0n) is 11.8.